The third-order valence-corrected chi connectivity index (χ3v) is 3.91. The maximum atomic E-state index is 12.7. The Morgan fingerprint density at radius 2 is 1.84 bits per heavy atom. The zero-order chi connectivity index (χ0) is 18.0. The molecule has 126 valence electrons. The number of urea groups is 1. The lowest BCUT2D eigenvalue weighted by atomic mass is 10.1. The summed E-state index contributed by atoms with van der Waals surface area (Å²) in [5.41, 5.74) is 1.84. The van der Waals surface area contributed by atoms with Gasteiger partial charge in [0, 0.05) is 11.2 Å². The lowest BCUT2D eigenvalue weighted by molar-refractivity contribution is -0.131. The van der Waals surface area contributed by atoms with E-state index >= 15 is 0 Å². The number of nitrogens with one attached hydrogen (secondary N) is 1. The molecule has 1 aliphatic heterocycles. The molecule has 1 aliphatic rings. The fraction of sp³-hybridized carbons (Fsp3) is 0.111. The van der Waals surface area contributed by atoms with Gasteiger partial charge in [0.05, 0.1) is 11.4 Å². The highest BCUT2D eigenvalue weighted by Crippen LogP contribution is 2.22. The van der Waals surface area contributed by atoms with Crippen LogP contribution in [0, 0.1) is 12.8 Å². The average Bonchev–Trinajstić information content (AvgIpc) is 2.56. The molecule has 0 spiro atoms. The summed E-state index contributed by atoms with van der Waals surface area (Å²) >= 11 is 5.81. The largest absolute Gasteiger partial charge is 0.335 e. The van der Waals surface area contributed by atoms with Crippen LogP contribution in [-0.4, -0.2) is 24.1 Å². The lowest BCUT2D eigenvalue weighted by Crippen LogP contribution is -2.58. The molecule has 0 aromatic heterocycles. The summed E-state index contributed by atoms with van der Waals surface area (Å²) < 4.78 is 0. The van der Waals surface area contributed by atoms with Crippen molar-refractivity contribution in [2.24, 2.45) is 10.9 Å². The van der Waals surface area contributed by atoms with Crippen LogP contribution < -0.4 is 10.2 Å². The van der Waals surface area contributed by atoms with Crippen LogP contribution in [0.3, 0.4) is 0 Å². The second-order valence-corrected chi connectivity index (χ2v) is 5.98. The van der Waals surface area contributed by atoms with E-state index in [4.69, 9.17) is 11.6 Å². The van der Waals surface area contributed by atoms with Gasteiger partial charge in [-0.15, -0.1) is 0 Å². The van der Waals surface area contributed by atoms with Gasteiger partial charge in [0.2, 0.25) is 5.91 Å². The first kappa shape index (κ1) is 16.9. The molecule has 0 saturated carbocycles. The fourth-order valence-electron chi connectivity index (χ4n) is 2.42. The van der Waals surface area contributed by atoms with Gasteiger partial charge in [-0.25, -0.2) is 9.69 Å². The van der Waals surface area contributed by atoms with E-state index in [2.05, 4.69) is 10.3 Å². The van der Waals surface area contributed by atoms with E-state index in [9.17, 15) is 14.4 Å². The maximum absolute atomic E-state index is 12.7. The van der Waals surface area contributed by atoms with Crippen LogP contribution in [0.2, 0.25) is 5.02 Å². The number of aryl methyl sites for hydroxylation is 1. The molecule has 1 heterocycles. The Hall–Kier alpha value is -2.99. The normalized spacial score (nSPS) is 17.9. The van der Waals surface area contributed by atoms with Gasteiger partial charge in [-0.2, -0.15) is 0 Å². The Bertz CT molecular complexity index is 877. The molecule has 1 atom stereocenters. The van der Waals surface area contributed by atoms with E-state index in [1.165, 1.54) is 6.21 Å². The Morgan fingerprint density at radius 3 is 2.52 bits per heavy atom. The number of amides is 4. The standard InChI is InChI=1S/C18H14ClN3O3/c1-11-3-2-4-14(9-11)22-17(24)15(16(23)21-18(22)25)10-20-13-7-5-12(19)6-8-13/h2-10,15H,1H3,(H,21,23,25)/t15-/m1/s1. The van der Waals surface area contributed by atoms with E-state index in [0.29, 0.717) is 16.4 Å². The van der Waals surface area contributed by atoms with Crippen LogP contribution in [-0.2, 0) is 9.59 Å². The summed E-state index contributed by atoms with van der Waals surface area (Å²) in [6.07, 6.45) is 1.23. The van der Waals surface area contributed by atoms with Crippen LogP contribution >= 0.6 is 11.6 Å². The monoisotopic (exact) mass is 355 g/mol. The molecule has 7 heteroatoms. The minimum Gasteiger partial charge on any atom is -0.276 e. The van der Waals surface area contributed by atoms with E-state index in [1.807, 2.05) is 13.0 Å². The highest BCUT2D eigenvalue weighted by atomic mass is 35.5. The van der Waals surface area contributed by atoms with Crippen molar-refractivity contribution in [1.82, 2.24) is 5.32 Å². The van der Waals surface area contributed by atoms with Gasteiger partial charge in [0.25, 0.3) is 5.91 Å². The molecule has 0 bridgehead atoms. The molecular weight excluding hydrogens is 342 g/mol. The number of barbiturate groups is 1. The zero-order valence-electron chi connectivity index (χ0n) is 13.3. The molecule has 1 saturated heterocycles. The van der Waals surface area contributed by atoms with Gasteiger partial charge in [-0.05, 0) is 48.9 Å². The van der Waals surface area contributed by atoms with E-state index in [0.717, 1.165) is 10.5 Å². The summed E-state index contributed by atoms with van der Waals surface area (Å²) in [4.78, 5) is 41.9. The minimum absolute atomic E-state index is 0.403. The third-order valence-electron chi connectivity index (χ3n) is 3.66. The number of rotatable bonds is 3. The fourth-order valence-corrected chi connectivity index (χ4v) is 2.55. The van der Waals surface area contributed by atoms with Crippen molar-refractivity contribution in [2.75, 3.05) is 4.90 Å². The van der Waals surface area contributed by atoms with Crippen LogP contribution in [0.25, 0.3) is 0 Å². The molecule has 0 radical (unpaired) electrons. The Morgan fingerprint density at radius 1 is 1.12 bits per heavy atom. The average molecular weight is 356 g/mol. The molecule has 2 aromatic carbocycles. The summed E-state index contributed by atoms with van der Waals surface area (Å²) in [7, 11) is 0. The number of hydrogen-bond donors (Lipinski definition) is 1. The number of carbonyl (C=O) groups is 3. The van der Waals surface area contributed by atoms with Crippen molar-refractivity contribution < 1.29 is 14.4 Å². The van der Waals surface area contributed by atoms with Crippen molar-refractivity contribution in [3.05, 3.63) is 59.1 Å². The number of halogens is 1. The highest BCUT2D eigenvalue weighted by Gasteiger charge is 2.40. The molecule has 0 aliphatic carbocycles. The van der Waals surface area contributed by atoms with Crippen molar-refractivity contribution >= 4 is 47.0 Å². The van der Waals surface area contributed by atoms with Gasteiger partial charge < -0.3 is 0 Å². The van der Waals surface area contributed by atoms with Crippen molar-refractivity contribution in [2.45, 2.75) is 6.92 Å². The first-order chi connectivity index (χ1) is 12.0. The molecule has 6 nitrogen and oxygen atoms in total. The minimum atomic E-state index is -1.19. The van der Waals surface area contributed by atoms with Crippen LogP contribution in [0.1, 0.15) is 5.56 Å². The Balaban J connectivity index is 1.89. The number of carbonyl (C=O) groups excluding carboxylic acids is 3. The van der Waals surface area contributed by atoms with Gasteiger partial charge in [-0.1, -0.05) is 23.7 Å². The van der Waals surface area contributed by atoms with E-state index in [-0.39, 0.29) is 0 Å². The second-order valence-electron chi connectivity index (χ2n) is 5.54. The molecule has 2 aromatic rings. The molecule has 1 N–H and O–H groups in total. The van der Waals surface area contributed by atoms with Crippen LogP contribution in [0.5, 0.6) is 0 Å². The van der Waals surface area contributed by atoms with Gasteiger partial charge in [0.1, 0.15) is 0 Å². The Labute approximate surface area is 149 Å². The maximum Gasteiger partial charge on any atom is 0.335 e. The second kappa shape index (κ2) is 6.86. The van der Waals surface area contributed by atoms with Gasteiger partial charge in [0.15, 0.2) is 5.92 Å². The SMILES string of the molecule is Cc1cccc(N2C(=O)NC(=O)[C@@H](C=Nc3ccc(Cl)cc3)C2=O)c1. The molecule has 25 heavy (non-hydrogen) atoms. The van der Waals surface area contributed by atoms with Gasteiger partial charge >= 0.3 is 6.03 Å². The van der Waals surface area contributed by atoms with Crippen molar-refractivity contribution in [3.8, 4) is 0 Å². The molecule has 4 amide bonds. The summed E-state index contributed by atoms with van der Waals surface area (Å²) in [5, 5.41) is 2.75. The smallest absolute Gasteiger partial charge is 0.276 e. The third kappa shape index (κ3) is 3.59. The predicted molar refractivity (Wildman–Crippen MR) is 95.3 cm³/mol. The molecular formula is C18H14ClN3O3. The number of anilines is 1. The highest BCUT2D eigenvalue weighted by molar-refractivity contribution is 6.32. The Kier molecular flexibility index (Phi) is 4.63. The first-order valence-electron chi connectivity index (χ1n) is 7.51. The van der Waals surface area contributed by atoms with Crippen molar-refractivity contribution in [3.63, 3.8) is 0 Å². The number of imide groups is 2. The number of aliphatic imine (C=N–C) groups is 1. The number of nitrogens with zero attached hydrogens (tertiary/aromatic N) is 2. The van der Waals surface area contributed by atoms with Crippen molar-refractivity contribution in [1.29, 1.82) is 0 Å². The first-order valence-corrected chi connectivity index (χ1v) is 7.89. The summed E-state index contributed by atoms with van der Waals surface area (Å²) in [5.74, 6) is -2.53. The molecule has 1 fully saturated rings. The zero-order valence-corrected chi connectivity index (χ0v) is 14.0. The molecule has 0 unspecified atom stereocenters. The summed E-state index contributed by atoms with van der Waals surface area (Å²) in [6, 6.07) is 12.8. The van der Waals surface area contributed by atoms with Gasteiger partial charge in [-0.3, -0.25) is 19.9 Å². The predicted octanol–water partition coefficient (Wildman–Crippen LogP) is 3.25. The van der Waals surface area contributed by atoms with Crippen LogP contribution in [0.4, 0.5) is 16.2 Å². The number of benzene rings is 2. The van der Waals surface area contributed by atoms with E-state index < -0.39 is 23.8 Å². The quantitative estimate of drug-likeness (QED) is 0.678. The van der Waals surface area contributed by atoms with E-state index in [1.54, 1.807) is 42.5 Å². The lowest BCUT2D eigenvalue weighted by Gasteiger charge is -2.28. The molecule has 3 rings (SSSR count). The summed E-state index contributed by atoms with van der Waals surface area (Å²) in [6.45, 7) is 1.85. The topological polar surface area (TPSA) is 78.8 Å². The number of hydrogen-bond acceptors (Lipinski definition) is 4. The van der Waals surface area contributed by atoms with Crippen LogP contribution in [0.15, 0.2) is 53.5 Å².